The zero-order chi connectivity index (χ0) is 24.2. The molecule has 0 N–H and O–H groups in total. The third kappa shape index (κ3) is 4.53. The predicted octanol–water partition coefficient (Wildman–Crippen LogP) is 3.93. The van der Waals surface area contributed by atoms with E-state index in [4.69, 9.17) is 9.47 Å². The van der Waals surface area contributed by atoms with Gasteiger partial charge in [-0.05, 0) is 38.3 Å². The molecule has 1 unspecified atom stereocenters. The Morgan fingerprint density at radius 1 is 0.824 bits per heavy atom. The highest BCUT2D eigenvalue weighted by Gasteiger charge is 2.46. The highest BCUT2D eigenvalue weighted by molar-refractivity contribution is 6.26. The zero-order valence-corrected chi connectivity index (χ0v) is 19.8. The summed E-state index contributed by atoms with van der Waals surface area (Å²) < 4.78 is 11.2. The summed E-state index contributed by atoms with van der Waals surface area (Å²) in [6.45, 7) is 6.36. The fourth-order valence-electron chi connectivity index (χ4n) is 4.50. The molecule has 0 radical (unpaired) electrons. The summed E-state index contributed by atoms with van der Waals surface area (Å²) in [6, 6.07) is 17.5. The van der Waals surface area contributed by atoms with Crippen LogP contribution in [0.25, 0.3) is 0 Å². The van der Waals surface area contributed by atoms with Crippen LogP contribution in [0.2, 0.25) is 0 Å². The van der Waals surface area contributed by atoms with Gasteiger partial charge in [0, 0.05) is 17.7 Å². The van der Waals surface area contributed by atoms with E-state index in [9.17, 15) is 14.4 Å². The molecule has 0 bridgehead atoms. The maximum Gasteiger partial charge on any atom is 0.231 e. The molecule has 1 atom stereocenters. The lowest BCUT2D eigenvalue weighted by molar-refractivity contribution is -0.137. The molecular formula is C28H29NO5. The Hall–Kier alpha value is -3.67. The molecule has 1 amide bonds. The number of rotatable bonds is 8. The van der Waals surface area contributed by atoms with Gasteiger partial charge in [-0.15, -0.1) is 0 Å². The van der Waals surface area contributed by atoms with Gasteiger partial charge in [-0.3, -0.25) is 14.4 Å². The van der Waals surface area contributed by atoms with Gasteiger partial charge < -0.3 is 14.4 Å². The zero-order valence-electron chi connectivity index (χ0n) is 19.8. The van der Waals surface area contributed by atoms with Gasteiger partial charge in [0.1, 0.15) is 0 Å². The van der Waals surface area contributed by atoms with Crippen molar-refractivity contribution in [2.45, 2.75) is 33.7 Å². The van der Waals surface area contributed by atoms with Gasteiger partial charge in [-0.1, -0.05) is 60.2 Å². The van der Waals surface area contributed by atoms with E-state index in [2.05, 4.69) is 0 Å². The molecule has 0 saturated heterocycles. The Morgan fingerprint density at radius 3 is 2.06 bits per heavy atom. The van der Waals surface area contributed by atoms with Gasteiger partial charge in [0.05, 0.1) is 25.7 Å². The molecule has 1 aliphatic carbocycles. The molecule has 0 aromatic heterocycles. The summed E-state index contributed by atoms with van der Waals surface area (Å²) in [5, 5.41) is 0. The topological polar surface area (TPSA) is 72.9 Å². The summed E-state index contributed by atoms with van der Waals surface area (Å²) in [6.07, 6.45) is 0.325. The summed E-state index contributed by atoms with van der Waals surface area (Å²) in [4.78, 5) is 42.5. The first-order chi connectivity index (χ1) is 16.4. The summed E-state index contributed by atoms with van der Waals surface area (Å²) in [5.74, 6) is -1.89. The van der Waals surface area contributed by atoms with Crippen molar-refractivity contribution < 1.29 is 23.9 Å². The molecule has 1 aliphatic heterocycles. The number of aryl methyl sites for hydroxylation is 1. The van der Waals surface area contributed by atoms with Crippen LogP contribution in [0.5, 0.6) is 0 Å². The Bertz CT molecular complexity index is 1160. The maximum absolute atomic E-state index is 13.7. The molecule has 2 aliphatic rings. The van der Waals surface area contributed by atoms with Crippen molar-refractivity contribution in [1.82, 2.24) is 4.90 Å². The van der Waals surface area contributed by atoms with Crippen LogP contribution in [0.3, 0.4) is 0 Å². The van der Waals surface area contributed by atoms with Crippen LogP contribution in [0.15, 0.2) is 77.3 Å². The number of hydrogen-bond donors (Lipinski definition) is 0. The van der Waals surface area contributed by atoms with Gasteiger partial charge in [0.2, 0.25) is 29.0 Å². The van der Waals surface area contributed by atoms with E-state index >= 15 is 0 Å². The molecule has 6 nitrogen and oxygen atoms in total. The van der Waals surface area contributed by atoms with Crippen LogP contribution in [0, 0.1) is 12.8 Å². The average molecular weight is 460 g/mol. The number of hydrogen-bond acceptors (Lipinski definition) is 5. The van der Waals surface area contributed by atoms with Gasteiger partial charge in [0.25, 0.3) is 0 Å². The summed E-state index contributed by atoms with van der Waals surface area (Å²) in [5.41, 5.74) is 3.56. The Kier molecular flexibility index (Phi) is 6.96. The largest absolute Gasteiger partial charge is 0.486 e. The molecule has 0 spiro atoms. The van der Waals surface area contributed by atoms with Crippen LogP contribution in [0.4, 0.5) is 0 Å². The highest BCUT2D eigenvalue weighted by atomic mass is 16.5. The fourth-order valence-corrected chi connectivity index (χ4v) is 4.50. The van der Waals surface area contributed by atoms with Crippen molar-refractivity contribution in [3.8, 4) is 0 Å². The second-order valence-corrected chi connectivity index (χ2v) is 8.50. The van der Waals surface area contributed by atoms with E-state index in [-0.39, 0.29) is 48.5 Å². The van der Waals surface area contributed by atoms with E-state index in [0.29, 0.717) is 18.5 Å². The van der Waals surface area contributed by atoms with Crippen molar-refractivity contribution in [3.05, 3.63) is 94.0 Å². The van der Waals surface area contributed by atoms with E-state index in [1.807, 2.05) is 61.5 Å². The van der Waals surface area contributed by atoms with Gasteiger partial charge in [-0.25, -0.2) is 0 Å². The van der Waals surface area contributed by atoms with Crippen LogP contribution in [-0.4, -0.2) is 42.1 Å². The maximum atomic E-state index is 13.7. The number of ketones is 2. The van der Waals surface area contributed by atoms with Gasteiger partial charge in [-0.2, -0.15) is 0 Å². The molecule has 2 aromatic rings. The monoisotopic (exact) mass is 459 g/mol. The number of ether oxygens (including phenoxy) is 2. The van der Waals surface area contributed by atoms with Gasteiger partial charge >= 0.3 is 0 Å². The SMILES string of the molecule is CCOC1=C(OCC)C(=O)C2=C(CN(Cc3ccccc3)C(=O)C2Cc2ccc(C)cc2)C1=O. The quantitative estimate of drug-likeness (QED) is 0.560. The predicted molar refractivity (Wildman–Crippen MR) is 128 cm³/mol. The Morgan fingerprint density at radius 2 is 1.44 bits per heavy atom. The fraction of sp³-hybridized carbons (Fsp3) is 0.321. The van der Waals surface area contributed by atoms with E-state index in [1.54, 1.807) is 18.7 Å². The number of carbonyl (C=O) groups excluding carboxylic acids is 3. The summed E-state index contributed by atoms with van der Waals surface area (Å²) >= 11 is 0. The molecule has 0 saturated carbocycles. The third-order valence-electron chi connectivity index (χ3n) is 6.12. The lowest BCUT2D eigenvalue weighted by Crippen LogP contribution is -2.48. The minimum absolute atomic E-state index is 0.0591. The minimum Gasteiger partial charge on any atom is -0.486 e. The van der Waals surface area contributed by atoms with Crippen molar-refractivity contribution in [2.24, 2.45) is 5.92 Å². The number of Topliss-reactive ketones (excluding diaryl/α,β-unsaturated/α-hetero) is 2. The second-order valence-electron chi connectivity index (χ2n) is 8.50. The van der Waals surface area contributed by atoms with Crippen molar-refractivity contribution >= 4 is 17.5 Å². The van der Waals surface area contributed by atoms with Crippen LogP contribution >= 0.6 is 0 Å². The number of amides is 1. The third-order valence-corrected chi connectivity index (χ3v) is 6.12. The molecular weight excluding hydrogens is 430 g/mol. The van der Waals surface area contributed by atoms with E-state index in [1.165, 1.54) is 0 Å². The van der Waals surface area contributed by atoms with Gasteiger partial charge in [0.15, 0.2) is 0 Å². The first-order valence-electron chi connectivity index (χ1n) is 11.6. The standard InChI is InChI=1S/C28H29NO5/c1-4-33-26-24(30)22-17-29(16-20-9-7-6-8-10-20)28(32)21(15-19-13-11-18(3)12-14-19)23(22)25(31)27(26)34-5-2/h6-14,21H,4-5,15-17H2,1-3H3. The molecule has 176 valence electrons. The normalized spacial score (nSPS) is 18.4. The number of nitrogens with zero attached hydrogens (tertiary/aromatic N) is 1. The molecule has 4 rings (SSSR count). The van der Waals surface area contributed by atoms with E-state index in [0.717, 1.165) is 16.7 Å². The van der Waals surface area contributed by atoms with Crippen molar-refractivity contribution in [2.75, 3.05) is 19.8 Å². The Labute approximate surface area is 199 Å². The van der Waals surface area contributed by atoms with Crippen molar-refractivity contribution in [3.63, 3.8) is 0 Å². The Balaban J connectivity index is 1.78. The number of benzene rings is 2. The number of carbonyl (C=O) groups is 3. The highest BCUT2D eigenvalue weighted by Crippen LogP contribution is 2.37. The van der Waals surface area contributed by atoms with Crippen molar-refractivity contribution in [1.29, 1.82) is 0 Å². The smallest absolute Gasteiger partial charge is 0.231 e. The lowest BCUT2D eigenvalue weighted by Gasteiger charge is -2.37. The first-order valence-corrected chi connectivity index (χ1v) is 11.6. The van der Waals surface area contributed by atoms with E-state index < -0.39 is 11.7 Å². The molecule has 0 fully saturated rings. The average Bonchev–Trinajstić information content (AvgIpc) is 2.84. The number of allylic oxidation sites excluding steroid dienone is 2. The summed E-state index contributed by atoms with van der Waals surface area (Å²) in [7, 11) is 0. The molecule has 34 heavy (non-hydrogen) atoms. The first kappa shape index (κ1) is 23.5. The van der Waals surface area contributed by atoms with Crippen LogP contribution < -0.4 is 0 Å². The minimum atomic E-state index is -0.773. The molecule has 6 heteroatoms. The second kappa shape index (κ2) is 10.1. The molecule has 2 aromatic carbocycles. The van der Waals surface area contributed by atoms with Crippen LogP contribution in [0.1, 0.15) is 30.5 Å². The lowest BCUT2D eigenvalue weighted by atomic mass is 9.77. The van der Waals surface area contributed by atoms with Crippen LogP contribution in [-0.2, 0) is 36.8 Å². The molecule has 1 heterocycles.